The van der Waals surface area contributed by atoms with E-state index in [9.17, 15) is 0 Å². The summed E-state index contributed by atoms with van der Waals surface area (Å²) < 4.78 is 2.44. The van der Waals surface area contributed by atoms with E-state index in [2.05, 4.69) is 77.0 Å². The maximum absolute atomic E-state index is 3.68. The van der Waals surface area contributed by atoms with Gasteiger partial charge in [0.05, 0.1) is 0 Å². The van der Waals surface area contributed by atoms with Crippen LogP contribution in [-0.4, -0.2) is 13.1 Å². The number of rotatable bonds is 7. The summed E-state index contributed by atoms with van der Waals surface area (Å²) in [5, 5.41) is 3.41. The van der Waals surface area contributed by atoms with Gasteiger partial charge in [-0.25, -0.2) is 0 Å². The first-order chi connectivity index (χ1) is 8.85. The van der Waals surface area contributed by atoms with Gasteiger partial charge >= 0.3 is 0 Å². The van der Waals surface area contributed by atoms with Crippen LogP contribution in [0.5, 0.6) is 0 Å². The first kappa shape index (κ1) is 17.2. The molecule has 3 heteroatoms. The van der Waals surface area contributed by atoms with Crippen LogP contribution >= 0.6 is 31.9 Å². The number of benzene rings is 1. The van der Waals surface area contributed by atoms with Gasteiger partial charge in [0, 0.05) is 8.95 Å². The van der Waals surface area contributed by atoms with Crippen LogP contribution in [0.2, 0.25) is 0 Å². The molecule has 0 aromatic heterocycles. The standard InChI is InChI=1S/C16H25Br2N/c1-5-19-9-8-16(3,4)7-6-13-11-14(17)12(2)10-15(13)18/h10-11,19H,5-9H2,1-4H3. The number of nitrogens with one attached hydrogen (secondary N) is 1. The molecule has 0 bridgehead atoms. The van der Waals surface area contributed by atoms with Crippen LogP contribution in [0.3, 0.4) is 0 Å². The van der Waals surface area contributed by atoms with Crippen LogP contribution in [0.25, 0.3) is 0 Å². The fourth-order valence-electron chi connectivity index (χ4n) is 2.08. The van der Waals surface area contributed by atoms with Gasteiger partial charge in [-0.2, -0.15) is 0 Å². The lowest BCUT2D eigenvalue weighted by atomic mass is 9.83. The molecule has 0 radical (unpaired) electrons. The highest BCUT2D eigenvalue weighted by Gasteiger charge is 2.18. The van der Waals surface area contributed by atoms with E-state index >= 15 is 0 Å². The van der Waals surface area contributed by atoms with Gasteiger partial charge in [0.15, 0.2) is 0 Å². The second-order valence-electron chi connectivity index (χ2n) is 5.96. The monoisotopic (exact) mass is 389 g/mol. The maximum atomic E-state index is 3.68. The summed E-state index contributed by atoms with van der Waals surface area (Å²) in [6.07, 6.45) is 3.57. The molecule has 0 saturated carbocycles. The van der Waals surface area contributed by atoms with Crippen LogP contribution in [0, 0.1) is 12.3 Å². The second kappa shape index (κ2) is 7.80. The molecule has 0 heterocycles. The lowest BCUT2D eigenvalue weighted by molar-refractivity contribution is 0.303. The summed E-state index contributed by atoms with van der Waals surface area (Å²) >= 11 is 7.30. The van der Waals surface area contributed by atoms with Gasteiger partial charge in [0.25, 0.3) is 0 Å². The highest BCUT2D eigenvalue weighted by Crippen LogP contribution is 2.31. The van der Waals surface area contributed by atoms with Gasteiger partial charge in [0.2, 0.25) is 0 Å². The van der Waals surface area contributed by atoms with Crippen molar-refractivity contribution < 1.29 is 0 Å². The molecule has 19 heavy (non-hydrogen) atoms. The Morgan fingerprint density at radius 1 is 1.11 bits per heavy atom. The molecule has 1 aromatic rings. The number of hydrogen-bond acceptors (Lipinski definition) is 1. The molecule has 0 aliphatic heterocycles. The van der Waals surface area contributed by atoms with Gasteiger partial charge in [0.1, 0.15) is 0 Å². The number of aryl methyl sites for hydroxylation is 2. The van der Waals surface area contributed by atoms with Crippen molar-refractivity contribution in [3.63, 3.8) is 0 Å². The maximum Gasteiger partial charge on any atom is 0.0210 e. The first-order valence-electron chi connectivity index (χ1n) is 7.01. The minimum Gasteiger partial charge on any atom is -0.317 e. The van der Waals surface area contributed by atoms with Crippen LogP contribution in [0.1, 0.15) is 44.7 Å². The Kier molecular flexibility index (Phi) is 7.06. The molecule has 1 N–H and O–H groups in total. The smallest absolute Gasteiger partial charge is 0.0210 e. The van der Waals surface area contributed by atoms with Crippen molar-refractivity contribution in [3.8, 4) is 0 Å². The Morgan fingerprint density at radius 2 is 1.79 bits per heavy atom. The van der Waals surface area contributed by atoms with Crippen molar-refractivity contribution in [2.45, 2.75) is 47.0 Å². The van der Waals surface area contributed by atoms with Gasteiger partial charge in [-0.3, -0.25) is 0 Å². The summed E-state index contributed by atoms with van der Waals surface area (Å²) in [7, 11) is 0. The zero-order chi connectivity index (χ0) is 14.5. The van der Waals surface area contributed by atoms with Crippen LogP contribution in [0.4, 0.5) is 0 Å². The molecule has 0 amide bonds. The van der Waals surface area contributed by atoms with Crippen molar-refractivity contribution in [3.05, 3.63) is 32.2 Å². The Balaban J connectivity index is 2.58. The molecule has 0 saturated heterocycles. The van der Waals surface area contributed by atoms with E-state index in [1.165, 1.54) is 32.9 Å². The third kappa shape index (κ3) is 5.97. The predicted molar refractivity (Wildman–Crippen MR) is 91.8 cm³/mol. The molecule has 108 valence electrons. The van der Waals surface area contributed by atoms with E-state index in [4.69, 9.17) is 0 Å². The molecule has 0 aliphatic carbocycles. The van der Waals surface area contributed by atoms with E-state index in [0.717, 1.165) is 19.5 Å². The van der Waals surface area contributed by atoms with Crippen LogP contribution in [-0.2, 0) is 6.42 Å². The first-order valence-corrected chi connectivity index (χ1v) is 8.59. The molecule has 0 fully saturated rings. The molecular formula is C16H25Br2N. The molecule has 0 atom stereocenters. The topological polar surface area (TPSA) is 12.0 Å². The summed E-state index contributed by atoms with van der Waals surface area (Å²) in [5.41, 5.74) is 3.06. The summed E-state index contributed by atoms with van der Waals surface area (Å²) in [4.78, 5) is 0. The van der Waals surface area contributed by atoms with Crippen molar-refractivity contribution in [1.29, 1.82) is 0 Å². The third-order valence-corrected chi connectivity index (χ3v) is 5.22. The highest BCUT2D eigenvalue weighted by atomic mass is 79.9. The fraction of sp³-hybridized carbons (Fsp3) is 0.625. The molecule has 1 rings (SSSR count). The predicted octanol–water partition coefficient (Wildman–Crippen LogP) is 5.48. The fourth-order valence-corrected chi connectivity index (χ4v) is 3.13. The number of halogens is 2. The summed E-state index contributed by atoms with van der Waals surface area (Å²) in [6.45, 7) is 11.2. The molecule has 0 unspecified atom stereocenters. The molecule has 1 aromatic carbocycles. The zero-order valence-electron chi connectivity index (χ0n) is 12.4. The molecule has 1 nitrogen and oxygen atoms in total. The van der Waals surface area contributed by atoms with E-state index in [0.29, 0.717) is 5.41 Å². The van der Waals surface area contributed by atoms with Crippen molar-refractivity contribution >= 4 is 31.9 Å². The van der Waals surface area contributed by atoms with Gasteiger partial charge in [-0.1, -0.05) is 52.6 Å². The normalized spacial score (nSPS) is 11.9. The van der Waals surface area contributed by atoms with Gasteiger partial charge in [-0.15, -0.1) is 0 Å². The highest BCUT2D eigenvalue weighted by molar-refractivity contribution is 9.11. The quantitative estimate of drug-likeness (QED) is 0.608. The van der Waals surface area contributed by atoms with E-state index in [1.54, 1.807) is 0 Å². The van der Waals surface area contributed by atoms with E-state index in [-0.39, 0.29) is 0 Å². The molecule has 0 spiro atoms. The molecule has 0 aliphatic rings. The summed E-state index contributed by atoms with van der Waals surface area (Å²) in [5.74, 6) is 0. The molecular weight excluding hydrogens is 366 g/mol. The van der Waals surface area contributed by atoms with Crippen LogP contribution in [0.15, 0.2) is 21.1 Å². The summed E-state index contributed by atoms with van der Waals surface area (Å²) in [6, 6.07) is 4.45. The lowest BCUT2D eigenvalue weighted by Crippen LogP contribution is -2.22. The lowest BCUT2D eigenvalue weighted by Gasteiger charge is -2.25. The minimum absolute atomic E-state index is 0.388. The number of hydrogen-bond donors (Lipinski definition) is 1. The van der Waals surface area contributed by atoms with E-state index < -0.39 is 0 Å². The second-order valence-corrected chi connectivity index (χ2v) is 7.67. The Morgan fingerprint density at radius 3 is 2.42 bits per heavy atom. The largest absolute Gasteiger partial charge is 0.317 e. The van der Waals surface area contributed by atoms with Gasteiger partial charge in [-0.05, 0) is 68.0 Å². The Hall–Kier alpha value is 0.140. The minimum atomic E-state index is 0.388. The zero-order valence-corrected chi connectivity index (χ0v) is 15.6. The van der Waals surface area contributed by atoms with Crippen LogP contribution < -0.4 is 5.32 Å². The third-order valence-electron chi connectivity index (χ3n) is 3.63. The van der Waals surface area contributed by atoms with Crippen molar-refractivity contribution in [2.24, 2.45) is 5.41 Å². The average molecular weight is 391 g/mol. The van der Waals surface area contributed by atoms with Crippen molar-refractivity contribution in [1.82, 2.24) is 5.32 Å². The Bertz CT molecular complexity index is 413. The Labute approximate surface area is 134 Å². The average Bonchev–Trinajstić information content (AvgIpc) is 2.32. The van der Waals surface area contributed by atoms with Crippen molar-refractivity contribution in [2.75, 3.05) is 13.1 Å². The SMILES string of the molecule is CCNCCC(C)(C)CCc1cc(Br)c(C)cc1Br. The van der Waals surface area contributed by atoms with E-state index in [1.807, 2.05) is 0 Å². The van der Waals surface area contributed by atoms with Gasteiger partial charge < -0.3 is 5.32 Å².